The molecule has 0 bridgehead atoms. The molecular formula is C5H12Cl4NPt+. The summed E-state index contributed by atoms with van der Waals surface area (Å²) in [5.74, 6) is 0.711. The number of rotatable bonds is 2. The first-order valence-corrected chi connectivity index (χ1v) is 14.2. The molecule has 0 aliphatic heterocycles. The monoisotopic (exact) mass is 421 g/mol. The Balaban J connectivity index is 0. The third-order valence-electron chi connectivity index (χ3n) is 0.722. The molecular weight excluding hydrogens is 411 g/mol. The van der Waals surface area contributed by atoms with Crippen LogP contribution in [0.3, 0.4) is 0 Å². The van der Waals surface area contributed by atoms with Crippen molar-refractivity contribution in [1.29, 1.82) is 0 Å². The molecule has 0 aliphatic rings. The van der Waals surface area contributed by atoms with E-state index in [9.17, 15) is 0 Å². The summed E-state index contributed by atoms with van der Waals surface area (Å²) in [6, 6.07) is 0. The second-order valence-electron chi connectivity index (χ2n) is 2.20. The zero-order valence-corrected chi connectivity index (χ0v) is 11.6. The van der Waals surface area contributed by atoms with Crippen molar-refractivity contribution in [3.8, 4) is 0 Å². The van der Waals surface area contributed by atoms with E-state index >= 15 is 0 Å². The Morgan fingerprint density at radius 3 is 1.45 bits per heavy atom. The molecule has 6 heteroatoms. The Morgan fingerprint density at radius 1 is 1.18 bits per heavy atom. The van der Waals surface area contributed by atoms with Crippen LogP contribution in [0.25, 0.3) is 5.73 Å². The first kappa shape index (κ1) is 15.3. The summed E-state index contributed by atoms with van der Waals surface area (Å²) in [5, 5.41) is 0. The quantitative estimate of drug-likeness (QED) is 0.608. The Kier molecular flexibility index (Phi) is 11.7. The van der Waals surface area contributed by atoms with Crippen molar-refractivity contribution >= 4 is 37.7 Å². The summed E-state index contributed by atoms with van der Waals surface area (Å²) >= 11 is -3.06. The predicted molar refractivity (Wildman–Crippen MR) is 52.1 cm³/mol. The average Bonchev–Trinajstić information content (AvgIpc) is 1.58. The van der Waals surface area contributed by atoms with Gasteiger partial charge in [-0.2, -0.15) is 6.54 Å². The van der Waals surface area contributed by atoms with Crippen LogP contribution in [0.2, 0.25) is 0 Å². The van der Waals surface area contributed by atoms with Gasteiger partial charge in [0.25, 0.3) is 0 Å². The van der Waals surface area contributed by atoms with Gasteiger partial charge in [-0.05, 0) is 5.92 Å². The molecule has 1 nitrogen and oxygen atoms in total. The van der Waals surface area contributed by atoms with Gasteiger partial charge in [0.15, 0.2) is 0 Å². The van der Waals surface area contributed by atoms with Crippen LogP contribution in [0.1, 0.15) is 20.3 Å². The molecule has 0 rings (SSSR count). The summed E-state index contributed by atoms with van der Waals surface area (Å²) in [7, 11) is 20.0. The second-order valence-corrected chi connectivity index (χ2v) is 21.9. The van der Waals surface area contributed by atoms with Crippen molar-refractivity contribution in [1.82, 2.24) is 0 Å². The maximum absolute atomic E-state index is 6.73. The Bertz CT molecular complexity index is 77.0. The fourth-order valence-electron chi connectivity index (χ4n) is 0.289. The van der Waals surface area contributed by atoms with Gasteiger partial charge >= 0.3 is 49.6 Å². The maximum atomic E-state index is 6.73. The van der Waals surface area contributed by atoms with E-state index in [4.69, 9.17) is 43.4 Å². The summed E-state index contributed by atoms with van der Waals surface area (Å²) in [6.45, 7) is 4.85. The van der Waals surface area contributed by atoms with Crippen LogP contribution < -0.4 is 0 Å². The van der Waals surface area contributed by atoms with E-state index < -0.39 is 11.9 Å². The molecule has 0 atom stereocenters. The standard InChI is InChI=1S/C5H12N.4ClH.Pt/c1-5(2)3-4-6;;;;;/h5-6H,3-4H2,1-2H3;4*1H;/q-1;;;;;+6/p-4. The molecule has 0 saturated heterocycles. The molecule has 0 unspecified atom stereocenters. The first-order chi connectivity index (χ1) is 4.77. The summed E-state index contributed by atoms with van der Waals surface area (Å²) in [6.07, 6.45) is 1.04. The summed E-state index contributed by atoms with van der Waals surface area (Å²) < 4.78 is 0. The SMILES string of the molecule is CC(C)CC[NH-].[Cl][Pt+2]([Cl])([Cl])[Cl]. The van der Waals surface area contributed by atoms with Crippen molar-refractivity contribution in [3.05, 3.63) is 5.73 Å². The third-order valence-corrected chi connectivity index (χ3v) is 0.722. The molecule has 0 aromatic carbocycles. The van der Waals surface area contributed by atoms with Crippen molar-refractivity contribution in [3.63, 3.8) is 0 Å². The number of hydrogen-bond donors (Lipinski definition) is 0. The fourth-order valence-corrected chi connectivity index (χ4v) is 0.289. The zero-order chi connectivity index (χ0) is 9.49. The normalized spacial score (nSPS) is 12.4. The molecule has 0 spiro atoms. The van der Waals surface area contributed by atoms with Crippen LogP contribution >= 0.6 is 37.7 Å². The van der Waals surface area contributed by atoms with Gasteiger partial charge in [0, 0.05) is 0 Å². The van der Waals surface area contributed by atoms with Gasteiger partial charge in [-0.1, -0.05) is 20.3 Å². The van der Waals surface area contributed by atoms with Crippen LogP contribution in [0.4, 0.5) is 0 Å². The van der Waals surface area contributed by atoms with Gasteiger partial charge in [-0.15, -0.1) is 0 Å². The molecule has 0 fully saturated rings. The van der Waals surface area contributed by atoms with Crippen LogP contribution in [0, 0.1) is 5.92 Å². The van der Waals surface area contributed by atoms with Crippen molar-refractivity contribution in [2.45, 2.75) is 20.3 Å². The van der Waals surface area contributed by atoms with Crippen molar-refractivity contribution < 1.29 is 11.9 Å². The number of halogens is 4. The Labute approximate surface area is 87.4 Å². The van der Waals surface area contributed by atoms with Crippen LogP contribution in [0.5, 0.6) is 0 Å². The second kappa shape index (κ2) is 8.41. The fraction of sp³-hybridized carbons (Fsp3) is 1.00. The summed E-state index contributed by atoms with van der Waals surface area (Å²) in [4.78, 5) is 0. The van der Waals surface area contributed by atoms with E-state index in [1.807, 2.05) is 0 Å². The van der Waals surface area contributed by atoms with Gasteiger partial charge < -0.3 is 5.73 Å². The minimum absolute atomic E-state index is 0.581. The zero-order valence-electron chi connectivity index (χ0n) is 6.32. The molecule has 0 radical (unpaired) electrons. The average molecular weight is 423 g/mol. The third kappa shape index (κ3) is 49.1. The molecule has 11 heavy (non-hydrogen) atoms. The van der Waals surface area contributed by atoms with Crippen LogP contribution in [-0.4, -0.2) is 6.54 Å². The molecule has 0 aliphatic carbocycles. The number of hydrogen-bond acceptors (Lipinski definition) is 0. The minimum atomic E-state index is -3.06. The summed E-state index contributed by atoms with van der Waals surface area (Å²) in [5.41, 5.74) is 6.73. The predicted octanol–water partition coefficient (Wildman–Crippen LogP) is 4.84. The van der Waals surface area contributed by atoms with Gasteiger partial charge in [0.2, 0.25) is 0 Å². The topological polar surface area (TPSA) is 23.8 Å². The van der Waals surface area contributed by atoms with E-state index in [0.717, 1.165) is 6.42 Å². The molecule has 0 amide bonds. The number of nitrogens with one attached hydrogen (secondary N) is 1. The first-order valence-electron chi connectivity index (χ1n) is 2.89. The molecule has 0 aromatic rings. The van der Waals surface area contributed by atoms with E-state index in [2.05, 4.69) is 13.8 Å². The van der Waals surface area contributed by atoms with Crippen LogP contribution in [0.15, 0.2) is 0 Å². The van der Waals surface area contributed by atoms with Gasteiger partial charge in [0.05, 0.1) is 0 Å². The van der Waals surface area contributed by atoms with Gasteiger partial charge in [-0.3, -0.25) is 0 Å². The van der Waals surface area contributed by atoms with Crippen molar-refractivity contribution in [2.24, 2.45) is 5.92 Å². The molecule has 1 N–H and O–H groups in total. The Morgan fingerprint density at radius 2 is 1.45 bits per heavy atom. The molecule has 0 aromatic heterocycles. The van der Waals surface area contributed by atoms with E-state index in [0.29, 0.717) is 12.5 Å². The molecule has 0 heterocycles. The van der Waals surface area contributed by atoms with E-state index in [-0.39, 0.29) is 0 Å². The van der Waals surface area contributed by atoms with Gasteiger partial charge in [-0.25, -0.2) is 0 Å². The molecule has 0 saturated carbocycles. The van der Waals surface area contributed by atoms with Gasteiger partial charge in [0.1, 0.15) is 0 Å². The molecule has 74 valence electrons. The van der Waals surface area contributed by atoms with E-state index in [1.165, 1.54) is 0 Å². The van der Waals surface area contributed by atoms with Crippen molar-refractivity contribution in [2.75, 3.05) is 6.54 Å². The van der Waals surface area contributed by atoms with E-state index in [1.54, 1.807) is 0 Å². The van der Waals surface area contributed by atoms with Crippen LogP contribution in [-0.2, 0) is 11.9 Å². The Hall–Kier alpha value is 1.81.